The van der Waals surface area contributed by atoms with Gasteiger partial charge in [0, 0.05) is 89.0 Å². The predicted molar refractivity (Wildman–Crippen MR) is 265 cm³/mol. The third kappa shape index (κ3) is 7.88. The molecule has 2 aliphatic rings. The maximum atomic E-state index is 12.5. The number of fused-ring (bicyclic) bond motifs is 8. The molecule has 8 bridgehead atoms. The number of hydrogen-bond acceptors (Lipinski definition) is 8. The number of benzene rings is 1. The molecule has 12 nitrogen and oxygen atoms in total. The van der Waals surface area contributed by atoms with Crippen molar-refractivity contribution in [1.29, 1.82) is 0 Å². The number of nitrogens with one attached hydrogen (secondary N) is 2. The molecule has 0 spiro atoms. The van der Waals surface area contributed by atoms with Crippen LogP contribution in [0.15, 0.2) is 97.8 Å². The zero-order chi connectivity index (χ0) is 47.1. The van der Waals surface area contributed by atoms with Crippen LogP contribution < -0.4 is 0 Å². The van der Waals surface area contributed by atoms with Crippen LogP contribution in [0, 0.1) is 13.8 Å². The highest BCUT2D eigenvalue weighted by Crippen LogP contribution is 2.48. The van der Waals surface area contributed by atoms with Gasteiger partial charge < -0.3 is 25.3 Å². The van der Waals surface area contributed by atoms with Crippen LogP contribution in [0.25, 0.3) is 88.9 Å². The lowest BCUT2D eigenvalue weighted by Crippen LogP contribution is -2.00. The number of aromatic amines is 2. The summed E-state index contributed by atoms with van der Waals surface area (Å²) < 4.78 is 0. The van der Waals surface area contributed by atoms with Crippen molar-refractivity contribution in [3.05, 3.63) is 143 Å². The van der Waals surface area contributed by atoms with E-state index in [0.29, 0.717) is 35.3 Å². The molecule has 6 aromatic heterocycles. The Morgan fingerprint density at radius 3 is 1.46 bits per heavy atom. The molecule has 336 valence electrons. The number of aliphatic carboxylic acids is 2. The molecular weight excluding hydrogens is 839 g/mol. The largest absolute Gasteiger partial charge is 0.508 e. The standard InChI is InChI=1S/C55H51N7O5/c1-7-38-30(4)49-45(34-14-10-22-56-26-34)50-31(5)40(18-20-42(64)65)54(61-50)47(36-16-12-24-58-28-36)55-41(19-21-43(66)67)32(6)51(62-55)46(35-15-11-23-57-27-35)53-39(8-2)29(3)48(59-53)44(52(38)60-49)33-13-9-17-37(63)25-33/h9-17,22-28,60,62-63H,7-8,18-21H2,1-6H3,(H,64,65)(H,66,67). The molecule has 67 heavy (non-hydrogen) atoms. The van der Waals surface area contributed by atoms with Crippen LogP contribution in [0.4, 0.5) is 0 Å². The molecule has 0 unspecified atom stereocenters. The zero-order valence-corrected chi connectivity index (χ0v) is 38.4. The Hall–Kier alpha value is -7.99. The van der Waals surface area contributed by atoms with Crippen LogP contribution in [0.3, 0.4) is 0 Å². The molecule has 0 fully saturated rings. The minimum atomic E-state index is -0.947. The van der Waals surface area contributed by atoms with Gasteiger partial charge in [0.05, 0.1) is 44.8 Å². The number of aromatic nitrogens is 7. The molecule has 0 radical (unpaired) electrons. The third-order valence-corrected chi connectivity index (χ3v) is 13.2. The average Bonchev–Trinajstić information content (AvgIpc) is 4.03. The van der Waals surface area contributed by atoms with Crippen LogP contribution in [0.1, 0.15) is 98.4 Å². The second kappa shape index (κ2) is 18.1. The van der Waals surface area contributed by atoms with Gasteiger partial charge in [0.25, 0.3) is 0 Å². The third-order valence-electron chi connectivity index (χ3n) is 13.2. The van der Waals surface area contributed by atoms with E-state index in [2.05, 4.69) is 52.6 Å². The van der Waals surface area contributed by atoms with Gasteiger partial charge in [-0.3, -0.25) is 24.5 Å². The highest BCUT2D eigenvalue weighted by Gasteiger charge is 2.31. The first-order chi connectivity index (χ1) is 32.4. The van der Waals surface area contributed by atoms with Crippen molar-refractivity contribution in [2.24, 2.45) is 0 Å². The number of pyridine rings is 3. The van der Waals surface area contributed by atoms with Crippen LogP contribution in [0.2, 0.25) is 0 Å². The fourth-order valence-electron chi connectivity index (χ4n) is 10.0. The Labute approximate surface area is 388 Å². The van der Waals surface area contributed by atoms with Gasteiger partial charge in [0.2, 0.25) is 0 Å². The van der Waals surface area contributed by atoms with E-state index in [-0.39, 0.29) is 31.4 Å². The molecule has 1 aromatic carbocycles. The van der Waals surface area contributed by atoms with Gasteiger partial charge in [-0.05, 0) is 134 Å². The Balaban J connectivity index is 1.66. The molecular formula is C55H51N7O5. The Bertz CT molecular complexity index is 3370. The summed E-state index contributed by atoms with van der Waals surface area (Å²) in [5, 5.41) is 31.5. The van der Waals surface area contributed by atoms with Gasteiger partial charge in [-0.1, -0.05) is 44.2 Å². The quantitative estimate of drug-likeness (QED) is 0.0789. The maximum absolute atomic E-state index is 12.5. The number of aromatic hydroxyl groups is 1. The van der Waals surface area contributed by atoms with E-state index in [9.17, 15) is 24.9 Å². The lowest BCUT2D eigenvalue weighted by Gasteiger charge is -2.11. The van der Waals surface area contributed by atoms with Crippen molar-refractivity contribution in [2.75, 3.05) is 0 Å². The normalized spacial score (nSPS) is 12.6. The second-order valence-electron chi connectivity index (χ2n) is 17.1. The van der Waals surface area contributed by atoms with Gasteiger partial charge in [-0.2, -0.15) is 0 Å². The molecule has 2 aliphatic heterocycles. The fraction of sp³-hybridized carbons (Fsp3) is 0.218. The number of carbonyl (C=O) groups is 2. The summed E-state index contributed by atoms with van der Waals surface area (Å²) in [4.78, 5) is 57.9. The van der Waals surface area contributed by atoms with E-state index >= 15 is 0 Å². The van der Waals surface area contributed by atoms with Gasteiger partial charge in [-0.15, -0.1) is 0 Å². The van der Waals surface area contributed by atoms with E-state index in [4.69, 9.17) is 9.97 Å². The minimum absolute atomic E-state index is 0.117. The number of nitrogens with zero attached hydrogens (tertiary/aromatic N) is 5. The number of rotatable bonds is 12. The fourth-order valence-corrected chi connectivity index (χ4v) is 10.0. The molecule has 12 heteroatoms. The molecule has 8 heterocycles. The minimum Gasteiger partial charge on any atom is -0.508 e. The molecule has 0 aliphatic carbocycles. The molecule has 0 saturated heterocycles. The van der Waals surface area contributed by atoms with Gasteiger partial charge >= 0.3 is 11.9 Å². The van der Waals surface area contributed by atoms with Crippen LogP contribution in [-0.2, 0) is 22.4 Å². The van der Waals surface area contributed by atoms with Gasteiger partial charge in [0.15, 0.2) is 0 Å². The van der Waals surface area contributed by atoms with Crippen molar-refractivity contribution in [3.8, 4) is 50.3 Å². The SMILES string of the molecule is CCC1=C(C)c2nc1c(-c1cccnc1)c1[nH]c(c(CCC(=O)O)c1C)c(-c1cccnc1)c1nc(c(-c3cccnc3)c3[nH]c(c(CC)c3C)c2-c2cccc(O)c2)C(C)=C1CCC(=O)O. The van der Waals surface area contributed by atoms with Crippen LogP contribution >= 0.6 is 0 Å². The summed E-state index contributed by atoms with van der Waals surface area (Å²) >= 11 is 0. The smallest absolute Gasteiger partial charge is 0.303 e. The molecule has 5 N–H and O–H groups in total. The molecule has 7 aromatic rings. The molecule has 9 rings (SSSR count). The average molecular weight is 890 g/mol. The van der Waals surface area contributed by atoms with E-state index < -0.39 is 11.9 Å². The van der Waals surface area contributed by atoms with Crippen LogP contribution in [0.5, 0.6) is 5.75 Å². The number of carboxylic acids is 2. The first-order valence-electron chi connectivity index (χ1n) is 22.6. The zero-order valence-electron chi connectivity index (χ0n) is 38.4. The number of phenolic OH excluding ortho intramolecular Hbond substituents is 1. The highest BCUT2D eigenvalue weighted by molar-refractivity contribution is 6.09. The Morgan fingerprint density at radius 1 is 0.522 bits per heavy atom. The Morgan fingerprint density at radius 2 is 0.970 bits per heavy atom. The van der Waals surface area contributed by atoms with Crippen molar-refractivity contribution in [3.63, 3.8) is 0 Å². The van der Waals surface area contributed by atoms with Crippen molar-refractivity contribution < 1.29 is 24.9 Å². The summed E-state index contributed by atoms with van der Waals surface area (Å²) in [6.07, 6.45) is 11.9. The van der Waals surface area contributed by atoms with E-state index in [1.807, 2.05) is 74.8 Å². The lowest BCUT2D eigenvalue weighted by atomic mass is 9.92. The number of hydrogen-bond donors (Lipinski definition) is 5. The lowest BCUT2D eigenvalue weighted by molar-refractivity contribution is -0.137. The number of H-pyrrole nitrogens is 2. The van der Waals surface area contributed by atoms with Gasteiger partial charge in [-0.25, -0.2) is 9.97 Å². The highest BCUT2D eigenvalue weighted by atomic mass is 16.4. The predicted octanol–water partition coefficient (Wildman–Crippen LogP) is 12.2. The molecule has 0 saturated carbocycles. The van der Waals surface area contributed by atoms with E-state index in [0.717, 1.165) is 111 Å². The molecule has 0 amide bonds. The van der Waals surface area contributed by atoms with Crippen molar-refractivity contribution in [1.82, 2.24) is 34.9 Å². The number of carboxylic acid groups (broad SMARTS) is 2. The van der Waals surface area contributed by atoms with E-state index in [1.54, 1.807) is 36.9 Å². The first kappa shape index (κ1) is 44.2. The summed E-state index contributed by atoms with van der Waals surface area (Å²) in [7, 11) is 0. The number of aryl methyl sites for hydroxylation is 4. The van der Waals surface area contributed by atoms with Crippen molar-refractivity contribution >= 4 is 56.3 Å². The first-order valence-corrected chi connectivity index (χ1v) is 22.6. The van der Waals surface area contributed by atoms with Crippen LogP contribution in [-0.4, -0.2) is 62.1 Å². The molecule has 0 atom stereocenters. The number of allylic oxidation sites excluding steroid dienone is 4. The summed E-state index contributed by atoms with van der Waals surface area (Å²) in [6.45, 7) is 12.5. The summed E-state index contributed by atoms with van der Waals surface area (Å²) in [5.74, 6) is -1.77. The topological polar surface area (TPSA) is 191 Å². The summed E-state index contributed by atoms with van der Waals surface area (Å²) in [5.41, 5.74) is 19.1. The van der Waals surface area contributed by atoms with E-state index in [1.165, 1.54) is 0 Å². The monoisotopic (exact) mass is 889 g/mol. The number of phenols is 1. The summed E-state index contributed by atoms with van der Waals surface area (Å²) in [6, 6.07) is 18.9. The second-order valence-corrected chi connectivity index (χ2v) is 17.1. The Kier molecular flexibility index (Phi) is 12.0. The van der Waals surface area contributed by atoms with Crippen molar-refractivity contribution in [2.45, 2.75) is 80.1 Å². The maximum Gasteiger partial charge on any atom is 0.303 e. The van der Waals surface area contributed by atoms with Gasteiger partial charge in [0.1, 0.15) is 5.75 Å².